The van der Waals surface area contributed by atoms with Gasteiger partial charge in [-0.2, -0.15) is 5.10 Å². The molecule has 6 heteroatoms. The van der Waals surface area contributed by atoms with Crippen molar-refractivity contribution in [3.63, 3.8) is 0 Å². The first kappa shape index (κ1) is 12.7. The van der Waals surface area contributed by atoms with Gasteiger partial charge in [-0.05, 0) is 24.1 Å². The molecule has 0 bridgehead atoms. The third kappa shape index (κ3) is 2.67. The molecule has 0 radical (unpaired) electrons. The lowest BCUT2D eigenvalue weighted by Crippen LogP contribution is -2.11. The third-order valence-electron chi connectivity index (χ3n) is 3.36. The van der Waals surface area contributed by atoms with Crippen LogP contribution >= 0.6 is 11.6 Å². The van der Waals surface area contributed by atoms with Crippen molar-refractivity contribution in [2.75, 3.05) is 11.5 Å². The Morgan fingerprint density at radius 2 is 1.95 bits per heavy atom. The van der Waals surface area contributed by atoms with Gasteiger partial charge in [-0.15, -0.1) is 0 Å². The number of rotatable bonds is 2. The monoisotopic (exact) mass is 296 g/mol. The van der Waals surface area contributed by atoms with Gasteiger partial charge in [-0.25, -0.2) is 8.42 Å². The zero-order chi connectivity index (χ0) is 13.5. The van der Waals surface area contributed by atoms with E-state index in [1.165, 1.54) is 0 Å². The van der Waals surface area contributed by atoms with Crippen LogP contribution in [-0.4, -0.2) is 29.7 Å². The molecular formula is C13H13ClN2O2S. The minimum Gasteiger partial charge on any atom is -0.268 e. The van der Waals surface area contributed by atoms with Crippen LogP contribution < -0.4 is 0 Å². The predicted octanol–water partition coefficient (Wildman–Crippen LogP) is 2.56. The normalized spacial score (nSPS) is 21.6. The van der Waals surface area contributed by atoms with E-state index in [0.717, 1.165) is 11.1 Å². The molecular weight excluding hydrogens is 284 g/mol. The molecule has 1 aliphatic heterocycles. The summed E-state index contributed by atoms with van der Waals surface area (Å²) in [6.45, 7) is 0. The molecule has 0 amide bonds. The quantitative estimate of drug-likeness (QED) is 0.856. The molecule has 1 aliphatic rings. The standard InChI is InChI=1S/C13H13ClN2O2S/c14-12-3-1-10(2-4-12)11-7-15-16(8-11)13-5-6-19(17,18)9-13/h1-4,7-8,13H,5-6,9H2. The topological polar surface area (TPSA) is 52.0 Å². The summed E-state index contributed by atoms with van der Waals surface area (Å²) in [6.07, 6.45) is 4.30. The van der Waals surface area contributed by atoms with Gasteiger partial charge in [0.25, 0.3) is 0 Å². The van der Waals surface area contributed by atoms with Crippen molar-refractivity contribution >= 4 is 21.4 Å². The fourth-order valence-corrected chi connectivity index (χ4v) is 4.14. The summed E-state index contributed by atoms with van der Waals surface area (Å²) in [5.41, 5.74) is 2.00. The first-order valence-corrected chi connectivity index (χ1v) is 8.24. The summed E-state index contributed by atoms with van der Waals surface area (Å²) in [5.74, 6) is 0.447. The van der Waals surface area contributed by atoms with E-state index in [4.69, 9.17) is 11.6 Å². The van der Waals surface area contributed by atoms with Crippen molar-refractivity contribution in [1.82, 2.24) is 9.78 Å². The van der Waals surface area contributed by atoms with Crippen LogP contribution in [0.25, 0.3) is 11.1 Å². The van der Waals surface area contributed by atoms with Crippen molar-refractivity contribution in [1.29, 1.82) is 0 Å². The summed E-state index contributed by atoms with van der Waals surface area (Å²) in [5, 5.41) is 4.97. The van der Waals surface area contributed by atoms with Gasteiger partial charge in [-0.1, -0.05) is 23.7 Å². The molecule has 0 aliphatic carbocycles. The Labute approximate surface area is 116 Å². The molecule has 1 aromatic heterocycles. The summed E-state index contributed by atoms with van der Waals surface area (Å²) < 4.78 is 24.7. The van der Waals surface area contributed by atoms with Gasteiger partial charge in [0.15, 0.2) is 9.84 Å². The van der Waals surface area contributed by atoms with Crippen LogP contribution in [0.4, 0.5) is 0 Å². The van der Waals surface area contributed by atoms with Gasteiger partial charge in [0.2, 0.25) is 0 Å². The number of sulfone groups is 1. The molecule has 1 aromatic carbocycles. The van der Waals surface area contributed by atoms with E-state index in [1.54, 1.807) is 10.9 Å². The second kappa shape index (κ2) is 4.65. The smallest absolute Gasteiger partial charge is 0.152 e. The summed E-state index contributed by atoms with van der Waals surface area (Å²) in [4.78, 5) is 0. The molecule has 19 heavy (non-hydrogen) atoms. The fraction of sp³-hybridized carbons (Fsp3) is 0.308. The zero-order valence-corrected chi connectivity index (χ0v) is 11.7. The lowest BCUT2D eigenvalue weighted by atomic mass is 10.1. The zero-order valence-electron chi connectivity index (χ0n) is 10.2. The van der Waals surface area contributed by atoms with Gasteiger partial charge < -0.3 is 0 Å². The summed E-state index contributed by atoms with van der Waals surface area (Å²) in [7, 11) is -2.88. The molecule has 0 spiro atoms. The molecule has 1 saturated heterocycles. The lowest BCUT2D eigenvalue weighted by Gasteiger charge is -2.07. The predicted molar refractivity (Wildman–Crippen MR) is 75.0 cm³/mol. The van der Waals surface area contributed by atoms with E-state index in [-0.39, 0.29) is 17.5 Å². The summed E-state index contributed by atoms with van der Waals surface area (Å²) >= 11 is 5.85. The number of hydrogen-bond donors (Lipinski definition) is 0. The first-order chi connectivity index (χ1) is 9.03. The van der Waals surface area contributed by atoms with Gasteiger partial charge in [0.1, 0.15) is 0 Å². The minimum atomic E-state index is -2.88. The third-order valence-corrected chi connectivity index (χ3v) is 5.36. The van der Waals surface area contributed by atoms with E-state index < -0.39 is 9.84 Å². The molecule has 2 heterocycles. The Hall–Kier alpha value is -1.33. The van der Waals surface area contributed by atoms with Crippen LogP contribution in [0, 0.1) is 0 Å². The van der Waals surface area contributed by atoms with Gasteiger partial charge >= 0.3 is 0 Å². The van der Waals surface area contributed by atoms with Crippen LogP contribution in [-0.2, 0) is 9.84 Å². The average molecular weight is 297 g/mol. The van der Waals surface area contributed by atoms with Crippen molar-refractivity contribution in [3.8, 4) is 11.1 Å². The average Bonchev–Trinajstić information content (AvgIpc) is 2.96. The van der Waals surface area contributed by atoms with E-state index in [0.29, 0.717) is 11.4 Å². The van der Waals surface area contributed by atoms with Crippen LogP contribution in [0.2, 0.25) is 5.02 Å². The highest BCUT2D eigenvalue weighted by Crippen LogP contribution is 2.26. The Morgan fingerprint density at radius 3 is 2.58 bits per heavy atom. The Bertz CT molecular complexity index is 692. The molecule has 100 valence electrons. The molecule has 2 aromatic rings. The largest absolute Gasteiger partial charge is 0.268 e. The van der Waals surface area contributed by atoms with Crippen molar-refractivity contribution in [3.05, 3.63) is 41.7 Å². The molecule has 0 saturated carbocycles. The molecule has 0 N–H and O–H groups in total. The van der Waals surface area contributed by atoms with Gasteiger partial charge in [0, 0.05) is 16.8 Å². The molecule has 4 nitrogen and oxygen atoms in total. The van der Waals surface area contributed by atoms with Gasteiger partial charge in [-0.3, -0.25) is 4.68 Å². The van der Waals surface area contributed by atoms with E-state index in [1.807, 2.05) is 30.5 Å². The Kier molecular flexibility index (Phi) is 3.11. The maximum Gasteiger partial charge on any atom is 0.152 e. The molecule has 1 atom stereocenters. The number of benzene rings is 1. The van der Waals surface area contributed by atoms with E-state index >= 15 is 0 Å². The van der Waals surface area contributed by atoms with E-state index in [2.05, 4.69) is 5.10 Å². The van der Waals surface area contributed by atoms with Crippen molar-refractivity contribution in [2.24, 2.45) is 0 Å². The number of halogens is 1. The van der Waals surface area contributed by atoms with E-state index in [9.17, 15) is 8.42 Å². The number of hydrogen-bond acceptors (Lipinski definition) is 3. The maximum atomic E-state index is 11.5. The lowest BCUT2D eigenvalue weighted by molar-refractivity contribution is 0.500. The van der Waals surface area contributed by atoms with Crippen molar-refractivity contribution in [2.45, 2.75) is 12.5 Å². The molecule has 1 unspecified atom stereocenters. The first-order valence-electron chi connectivity index (χ1n) is 6.04. The number of aromatic nitrogens is 2. The highest BCUT2D eigenvalue weighted by Gasteiger charge is 2.29. The number of nitrogens with zero attached hydrogens (tertiary/aromatic N) is 2. The van der Waals surface area contributed by atoms with Crippen molar-refractivity contribution < 1.29 is 8.42 Å². The molecule has 3 rings (SSSR count). The maximum absolute atomic E-state index is 11.5. The highest BCUT2D eigenvalue weighted by atomic mass is 35.5. The van der Waals surface area contributed by atoms with Gasteiger partial charge in [0.05, 0.1) is 23.7 Å². The summed E-state index contributed by atoms with van der Waals surface area (Å²) in [6, 6.07) is 7.47. The Balaban J connectivity index is 1.86. The van der Waals surface area contributed by atoms with Crippen LogP contribution in [0.5, 0.6) is 0 Å². The second-order valence-corrected chi connectivity index (χ2v) is 7.44. The molecule has 1 fully saturated rings. The highest BCUT2D eigenvalue weighted by molar-refractivity contribution is 7.91. The van der Waals surface area contributed by atoms with Crippen LogP contribution in [0.1, 0.15) is 12.5 Å². The Morgan fingerprint density at radius 1 is 1.21 bits per heavy atom. The van der Waals surface area contributed by atoms with Crippen LogP contribution in [0.3, 0.4) is 0 Å². The minimum absolute atomic E-state index is 0.0361. The second-order valence-electron chi connectivity index (χ2n) is 4.77. The SMILES string of the molecule is O=S1(=O)CCC(n2cc(-c3ccc(Cl)cc3)cn2)C1. The fourth-order valence-electron chi connectivity index (χ4n) is 2.31. The van der Waals surface area contributed by atoms with Crippen LogP contribution in [0.15, 0.2) is 36.7 Å².